The zero-order valence-corrected chi connectivity index (χ0v) is 7.28. The molecule has 0 aromatic heterocycles. The second-order valence-corrected chi connectivity index (χ2v) is 3.85. The molecule has 11 heavy (non-hydrogen) atoms. The van der Waals surface area contributed by atoms with Crippen LogP contribution < -0.4 is 0 Å². The molecule has 0 fully saturated rings. The maximum atomic E-state index is 9.75. The lowest BCUT2D eigenvalue weighted by molar-refractivity contribution is -0.0149. The van der Waals surface area contributed by atoms with Gasteiger partial charge in [0, 0.05) is 5.92 Å². The number of rotatable bonds is 1. The quantitative estimate of drug-likeness (QED) is 0.555. The van der Waals surface area contributed by atoms with Crippen molar-refractivity contribution in [1.82, 2.24) is 0 Å². The fourth-order valence-electron chi connectivity index (χ4n) is 1.94. The zero-order valence-electron chi connectivity index (χ0n) is 7.28. The summed E-state index contributed by atoms with van der Waals surface area (Å²) in [5.74, 6) is 0.248. The van der Waals surface area contributed by atoms with E-state index >= 15 is 0 Å². The topological polar surface area (TPSA) is 40.5 Å². The van der Waals surface area contributed by atoms with Crippen LogP contribution in [0.25, 0.3) is 0 Å². The molecule has 0 spiro atoms. The molecular formula is C9H16O2. The Morgan fingerprint density at radius 3 is 2.18 bits per heavy atom. The molecule has 0 heterocycles. The predicted molar refractivity (Wildman–Crippen MR) is 44.1 cm³/mol. The van der Waals surface area contributed by atoms with Crippen LogP contribution in [0, 0.1) is 11.8 Å². The molecule has 0 bridgehead atoms. The smallest absolute Gasteiger partial charge is 0.0858 e. The highest BCUT2D eigenvalue weighted by atomic mass is 16.3. The fourth-order valence-corrected chi connectivity index (χ4v) is 1.94. The Morgan fingerprint density at radius 1 is 1.45 bits per heavy atom. The van der Waals surface area contributed by atoms with Gasteiger partial charge in [0.05, 0.1) is 11.7 Å². The van der Waals surface area contributed by atoms with Crippen LogP contribution in [0.15, 0.2) is 12.2 Å². The standard InChI is InChI=1S/C9H16O2/c1-6(2)8-7(10)4-5-9(8,3)11/h4-8,10-11H,1-3H3/t7-,8+,9?/m1/s1. The van der Waals surface area contributed by atoms with Crippen LogP contribution in [0.4, 0.5) is 0 Å². The van der Waals surface area contributed by atoms with E-state index in [0.717, 1.165) is 0 Å². The van der Waals surface area contributed by atoms with E-state index in [1.54, 1.807) is 19.1 Å². The van der Waals surface area contributed by atoms with Gasteiger partial charge in [0.15, 0.2) is 0 Å². The summed E-state index contributed by atoms with van der Waals surface area (Å²) < 4.78 is 0. The molecule has 0 aromatic rings. The van der Waals surface area contributed by atoms with Crippen LogP contribution in [-0.4, -0.2) is 21.9 Å². The average Bonchev–Trinajstić information content (AvgIpc) is 2.06. The maximum Gasteiger partial charge on any atom is 0.0858 e. The van der Waals surface area contributed by atoms with Crippen molar-refractivity contribution in [2.45, 2.75) is 32.5 Å². The van der Waals surface area contributed by atoms with Crippen LogP contribution in [0.5, 0.6) is 0 Å². The van der Waals surface area contributed by atoms with E-state index in [-0.39, 0.29) is 5.92 Å². The first-order chi connectivity index (χ1) is 4.95. The summed E-state index contributed by atoms with van der Waals surface area (Å²) >= 11 is 0. The van der Waals surface area contributed by atoms with Gasteiger partial charge < -0.3 is 10.2 Å². The van der Waals surface area contributed by atoms with Gasteiger partial charge in [0.1, 0.15) is 0 Å². The molecule has 0 saturated heterocycles. The van der Waals surface area contributed by atoms with Gasteiger partial charge in [-0.3, -0.25) is 0 Å². The van der Waals surface area contributed by atoms with Gasteiger partial charge in [-0.25, -0.2) is 0 Å². The molecule has 64 valence electrons. The summed E-state index contributed by atoms with van der Waals surface area (Å²) in [4.78, 5) is 0. The van der Waals surface area contributed by atoms with E-state index in [2.05, 4.69) is 0 Å². The third-order valence-electron chi connectivity index (χ3n) is 2.39. The minimum Gasteiger partial charge on any atom is -0.389 e. The molecule has 0 aromatic carbocycles. The SMILES string of the molecule is CC(C)[C@H]1[C@H](O)C=CC1(C)O. The molecule has 2 N–H and O–H groups in total. The van der Waals surface area contributed by atoms with Crippen molar-refractivity contribution in [3.8, 4) is 0 Å². The lowest BCUT2D eigenvalue weighted by Crippen LogP contribution is -2.38. The summed E-state index contributed by atoms with van der Waals surface area (Å²) in [6.07, 6.45) is 2.87. The Kier molecular flexibility index (Phi) is 2.08. The Balaban J connectivity index is 2.79. The van der Waals surface area contributed by atoms with Gasteiger partial charge in [-0.15, -0.1) is 0 Å². The van der Waals surface area contributed by atoms with Crippen molar-refractivity contribution < 1.29 is 10.2 Å². The van der Waals surface area contributed by atoms with Crippen molar-refractivity contribution in [1.29, 1.82) is 0 Å². The summed E-state index contributed by atoms with van der Waals surface area (Å²) in [7, 11) is 0. The van der Waals surface area contributed by atoms with Crippen molar-refractivity contribution in [2.24, 2.45) is 11.8 Å². The van der Waals surface area contributed by atoms with Crippen LogP contribution in [-0.2, 0) is 0 Å². The molecule has 0 aliphatic heterocycles. The monoisotopic (exact) mass is 156 g/mol. The Labute approximate surface area is 67.6 Å². The van der Waals surface area contributed by atoms with Crippen molar-refractivity contribution in [3.05, 3.63) is 12.2 Å². The van der Waals surface area contributed by atoms with E-state index < -0.39 is 11.7 Å². The van der Waals surface area contributed by atoms with E-state index in [4.69, 9.17) is 0 Å². The molecule has 3 atom stereocenters. The van der Waals surface area contributed by atoms with Crippen LogP contribution >= 0.6 is 0 Å². The van der Waals surface area contributed by atoms with Gasteiger partial charge in [-0.05, 0) is 12.8 Å². The first kappa shape index (κ1) is 8.75. The van der Waals surface area contributed by atoms with Gasteiger partial charge in [-0.2, -0.15) is 0 Å². The zero-order chi connectivity index (χ0) is 8.65. The predicted octanol–water partition coefficient (Wildman–Crippen LogP) is 0.940. The first-order valence-electron chi connectivity index (χ1n) is 4.05. The molecule has 1 aliphatic carbocycles. The van der Waals surface area contributed by atoms with Crippen LogP contribution in [0.1, 0.15) is 20.8 Å². The summed E-state index contributed by atoms with van der Waals surface area (Å²) in [6.45, 7) is 5.76. The van der Waals surface area contributed by atoms with Crippen molar-refractivity contribution >= 4 is 0 Å². The Bertz CT molecular complexity index is 170. The second kappa shape index (κ2) is 2.61. The van der Waals surface area contributed by atoms with Gasteiger partial charge in [0.2, 0.25) is 0 Å². The van der Waals surface area contributed by atoms with Crippen LogP contribution in [0.3, 0.4) is 0 Å². The molecular weight excluding hydrogens is 140 g/mol. The van der Waals surface area contributed by atoms with Crippen LogP contribution in [0.2, 0.25) is 0 Å². The molecule has 2 nitrogen and oxygen atoms in total. The summed E-state index contributed by atoms with van der Waals surface area (Å²) in [5, 5.41) is 19.2. The minimum absolute atomic E-state index is 0.0532. The molecule has 1 unspecified atom stereocenters. The summed E-state index contributed by atoms with van der Waals surface area (Å²) in [5.41, 5.74) is -0.826. The number of hydrogen-bond acceptors (Lipinski definition) is 2. The lowest BCUT2D eigenvalue weighted by Gasteiger charge is -2.30. The number of aliphatic hydroxyl groups is 2. The highest BCUT2D eigenvalue weighted by Crippen LogP contribution is 2.34. The van der Waals surface area contributed by atoms with E-state index in [1.807, 2.05) is 13.8 Å². The fraction of sp³-hybridized carbons (Fsp3) is 0.778. The minimum atomic E-state index is -0.826. The van der Waals surface area contributed by atoms with E-state index in [9.17, 15) is 10.2 Å². The largest absolute Gasteiger partial charge is 0.389 e. The van der Waals surface area contributed by atoms with Gasteiger partial charge in [0.25, 0.3) is 0 Å². The number of hydrogen-bond donors (Lipinski definition) is 2. The molecule has 0 radical (unpaired) electrons. The average molecular weight is 156 g/mol. The highest BCUT2D eigenvalue weighted by Gasteiger charge is 2.40. The molecule has 0 saturated carbocycles. The molecule has 2 heteroatoms. The maximum absolute atomic E-state index is 9.75. The van der Waals surface area contributed by atoms with Crippen molar-refractivity contribution in [2.75, 3.05) is 0 Å². The van der Waals surface area contributed by atoms with Gasteiger partial charge in [-0.1, -0.05) is 26.0 Å². The summed E-state index contributed by atoms with van der Waals surface area (Å²) in [6, 6.07) is 0. The van der Waals surface area contributed by atoms with Crippen molar-refractivity contribution in [3.63, 3.8) is 0 Å². The highest BCUT2D eigenvalue weighted by molar-refractivity contribution is 5.16. The first-order valence-corrected chi connectivity index (χ1v) is 4.05. The second-order valence-electron chi connectivity index (χ2n) is 3.85. The molecule has 0 amide bonds. The number of aliphatic hydroxyl groups excluding tert-OH is 1. The molecule has 1 rings (SSSR count). The third-order valence-corrected chi connectivity index (χ3v) is 2.39. The Hall–Kier alpha value is -0.340. The third kappa shape index (κ3) is 1.47. The normalized spacial score (nSPS) is 43.8. The Morgan fingerprint density at radius 2 is 2.00 bits per heavy atom. The lowest BCUT2D eigenvalue weighted by atomic mass is 9.82. The molecule has 1 aliphatic rings. The van der Waals surface area contributed by atoms with Gasteiger partial charge >= 0.3 is 0 Å². The van der Waals surface area contributed by atoms with E-state index in [0.29, 0.717) is 5.92 Å². The van der Waals surface area contributed by atoms with E-state index in [1.165, 1.54) is 0 Å².